The molecule has 1 rings (SSSR count). The summed E-state index contributed by atoms with van der Waals surface area (Å²) < 4.78 is 5.01. The van der Waals surface area contributed by atoms with Gasteiger partial charge in [0.25, 0.3) is 5.91 Å². The molecule has 1 heterocycles. The topological polar surface area (TPSA) is 71.5 Å². The smallest absolute Gasteiger partial charge is 0.257 e. The third kappa shape index (κ3) is 3.17. The minimum atomic E-state index is -0.710. The first-order chi connectivity index (χ1) is 7.88. The van der Waals surface area contributed by atoms with Gasteiger partial charge in [-0.25, -0.2) is 4.98 Å². The largest absolute Gasteiger partial charge is 0.480 e. The molecule has 1 aromatic rings. The molecule has 0 saturated heterocycles. The quantitative estimate of drug-likeness (QED) is 0.820. The molecule has 0 fully saturated rings. The predicted octanol–water partition coefficient (Wildman–Crippen LogP) is 0.979. The molecule has 0 radical (unpaired) electrons. The summed E-state index contributed by atoms with van der Waals surface area (Å²) in [5.74, 6) is -0.0488. The maximum atomic E-state index is 12.0. The van der Waals surface area contributed by atoms with E-state index >= 15 is 0 Å². The number of aliphatic hydroxyl groups is 1. The minimum Gasteiger partial charge on any atom is -0.480 e. The van der Waals surface area contributed by atoms with E-state index in [0.29, 0.717) is 5.56 Å². The molecule has 0 aromatic carbocycles. The van der Waals surface area contributed by atoms with Gasteiger partial charge in [0.2, 0.25) is 5.88 Å². The maximum Gasteiger partial charge on any atom is 0.257 e. The van der Waals surface area contributed by atoms with Crippen molar-refractivity contribution in [3.8, 4) is 5.88 Å². The van der Waals surface area contributed by atoms with Crippen LogP contribution in [0.5, 0.6) is 5.88 Å². The van der Waals surface area contributed by atoms with E-state index in [1.54, 1.807) is 39.1 Å². The van der Waals surface area contributed by atoms with Crippen molar-refractivity contribution >= 4 is 5.91 Å². The van der Waals surface area contributed by atoms with Crippen molar-refractivity contribution in [3.05, 3.63) is 23.9 Å². The minimum absolute atomic E-state index is 0.270. The summed E-state index contributed by atoms with van der Waals surface area (Å²) in [6.45, 7) is 5.12. The summed E-state index contributed by atoms with van der Waals surface area (Å²) in [6, 6.07) is 3.28. The van der Waals surface area contributed by atoms with Crippen molar-refractivity contribution in [1.82, 2.24) is 10.3 Å². The lowest BCUT2D eigenvalue weighted by atomic mass is 9.98. The van der Waals surface area contributed by atoms with E-state index in [-0.39, 0.29) is 11.8 Å². The molecule has 1 unspecified atom stereocenters. The molecule has 5 heteroatoms. The molecule has 1 aromatic heterocycles. The maximum absolute atomic E-state index is 12.0. The van der Waals surface area contributed by atoms with Crippen molar-refractivity contribution in [2.24, 2.45) is 0 Å². The highest BCUT2D eigenvalue weighted by Crippen LogP contribution is 2.16. The van der Waals surface area contributed by atoms with E-state index in [2.05, 4.69) is 10.3 Å². The van der Waals surface area contributed by atoms with Gasteiger partial charge in [0, 0.05) is 6.20 Å². The Labute approximate surface area is 101 Å². The molecule has 17 heavy (non-hydrogen) atoms. The number of aromatic nitrogens is 1. The van der Waals surface area contributed by atoms with E-state index in [0.717, 1.165) is 0 Å². The second-order valence-electron chi connectivity index (χ2n) is 4.41. The molecule has 5 nitrogen and oxygen atoms in total. The van der Waals surface area contributed by atoms with E-state index in [1.165, 1.54) is 7.11 Å². The Morgan fingerprint density at radius 2 is 2.24 bits per heavy atom. The molecule has 0 aliphatic heterocycles. The number of aliphatic hydroxyl groups excluding tert-OH is 1. The molecule has 0 aliphatic rings. The number of carbonyl (C=O) groups is 1. The number of methoxy groups -OCH3 is 1. The highest BCUT2D eigenvalue weighted by molar-refractivity contribution is 5.96. The van der Waals surface area contributed by atoms with Crippen LogP contribution >= 0.6 is 0 Å². The summed E-state index contributed by atoms with van der Waals surface area (Å²) in [7, 11) is 1.46. The van der Waals surface area contributed by atoms with Crippen molar-refractivity contribution in [2.75, 3.05) is 7.11 Å². The van der Waals surface area contributed by atoms with Gasteiger partial charge in [-0.1, -0.05) is 0 Å². The number of carbonyl (C=O) groups excluding carboxylic acids is 1. The summed E-state index contributed by atoms with van der Waals surface area (Å²) in [5, 5.41) is 12.3. The zero-order valence-electron chi connectivity index (χ0n) is 10.5. The Kier molecular flexibility index (Phi) is 4.07. The van der Waals surface area contributed by atoms with Crippen LogP contribution < -0.4 is 10.1 Å². The van der Waals surface area contributed by atoms with Crippen LogP contribution in [-0.2, 0) is 0 Å². The fourth-order valence-electron chi connectivity index (χ4n) is 1.19. The molecular formula is C12H18N2O3. The fourth-order valence-corrected chi connectivity index (χ4v) is 1.19. The number of pyridine rings is 1. The first-order valence-electron chi connectivity index (χ1n) is 5.38. The van der Waals surface area contributed by atoms with E-state index in [4.69, 9.17) is 4.74 Å². The number of rotatable bonds is 4. The average molecular weight is 238 g/mol. The Bertz CT molecular complexity index is 402. The summed E-state index contributed by atoms with van der Waals surface area (Å²) in [6.07, 6.45) is 0.893. The van der Waals surface area contributed by atoms with Crippen molar-refractivity contribution in [1.29, 1.82) is 0 Å². The first kappa shape index (κ1) is 13.4. The third-order valence-corrected chi connectivity index (χ3v) is 2.69. The van der Waals surface area contributed by atoms with Gasteiger partial charge in [-0.2, -0.15) is 0 Å². The molecular weight excluding hydrogens is 220 g/mol. The van der Waals surface area contributed by atoms with Gasteiger partial charge in [-0.15, -0.1) is 0 Å². The Balaban J connectivity index is 2.91. The lowest BCUT2D eigenvalue weighted by molar-refractivity contribution is 0.0706. The highest BCUT2D eigenvalue weighted by Gasteiger charge is 2.27. The van der Waals surface area contributed by atoms with Gasteiger partial charge < -0.3 is 15.2 Å². The van der Waals surface area contributed by atoms with Gasteiger partial charge in [-0.05, 0) is 32.9 Å². The monoisotopic (exact) mass is 238 g/mol. The van der Waals surface area contributed by atoms with Crippen LogP contribution in [0, 0.1) is 0 Å². The summed E-state index contributed by atoms with van der Waals surface area (Å²) >= 11 is 0. The third-order valence-electron chi connectivity index (χ3n) is 2.69. The SMILES string of the molecule is COc1ncccc1C(=O)NC(C)(C)C(C)O. The van der Waals surface area contributed by atoms with Gasteiger partial charge in [-0.3, -0.25) is 4.79 Å². The molecule has 0 saturated carbocycles. The van der Waals surface area contributed by atoms with Crippen LogP contribution in [0.1, 0.15) is 31.1 Å². The van der Waals surface area contributed by atoms with Crippen molar-refractivity contribution in [3.63, 3.8) is 0 Å². The fraction of sp³-hybridized carbons (Fsp3) is 0.500. The average Bonchev–Trinajstić information content (AvgIpc) is 2.28. The zero-order chi connectivity index (χ0) is 13.1. The van der Waals surface area contributed by atoms with Gasteiger partial charge in [0.1, 0.15) is 5.56 Å². The van der Waals surface area contributed by atoms with Crippen molar-refractivity contribution in [2.45, 2.75) is 32.4 Å². The number of hydrogen-bond donors (Lipinski definition) is 2. The van der Waals surface area contributed by atoms with Crippen molar-refractivity contribution < 1.29 is 14.6 Å². The number of nitrogens with one attached hydrogen (secondary N) is 1. The predicted molar refractivity (Wildman–Crippen MR) is 64.0 cm³/mol. The van der Waals surface area contributed by atoms with Crippen LogP contribution in [-0.4, -0.2) is 34.8 Å². The molecule has 94 valence electrons. The second kappa shape index (κ2) is 5.14. The molecule has 2 N–H and O–H groups in total. The molecule has 0 aliphatic carbocycles. The van der Waals surface area contributed by atoms with Crippen LogP contribution in [0.3, 0.4) is 0 Å². The Hall–Kier alpha value is -1.62. The number of amides is 1. The lowest BCUT2D eigenvalue weighted by Gasteiger charge is -2.29. The number of ether oxygens (including phenoxy) is 1. The second-order valence-corrected chi connectivity index (χ2v) is 4.41. The zero-order valence-corrected chi connectivity index (χ0v) is 10.5. The first-order valence-corrected chi connectivity index (χ1v) is 5.38. The normalized spacial score (nSPS) is 13.0. The molecule has 0 bridgehead atoms. The van der Waals surface area contributed by atoms with Gasteiger partial charge in [0.05, 0.1) is 18.8 Å². The standard InChI is InChI=1S/C12H18N2O3/c1-8(15)12(2,3)14-10(16)9-6-5-7-13-11(9)17-4/h5-8,15H,1-4H3,(H,14,16). The van der Waals surface area contributed by atoms with Gasteiger partial charge >= 0.3 is 0 Å². The van der Waals surface area contributed by atoms with Crippen LogP contribution in [0.25, 0.3) is 0 Å². The van der Waals surface area contributed by atoms with Crippen LogP contribution in [0.4, 0.5) is 0 Å². The lowest BCUT2D eigenvalue weighted by Crippen LogP contribution is -2.51. The summed E-state index contributed by atoms with van der Waals surface area (Å²) in [5.41, 5.74) is -0.360. The number of hydrogen-bond acceptors (Lipinski definition) is 4. The molecule has 1 atom stereocenters. The Morgan fingerprint density at radius 1 is 1.59 bits per heavy atom. The molecule has 1 amide bonds. The van der Waals surface area contributed by atoms with E-state index in [9.17, 15) is 9.90 Å². The van der Waals surface area contributed by atoms with E-state index in [1.807, 2.05) is 0 Å². The van der Waals surface area contributed by atoms with Crippen LogP contribution in [0.15, 0.2) is 18.3 Å². The van der Waals surface area contributed by atoms with Crippen LogP contribution in [0.2, 0.25) is 0 Å². The summed E-state index contributed by atoms with van der Waals surface area (Å²) in [4.78, 5) is 15.9. The molecule has 0 spiro atoms. The van der Waals surface area contributed by atoms with Gasteiger partial charge in [0.15, 0.2) is 0 Å². The number of nitrogens with zero attached hydrogens (tertiary/aromatic N) is 1. The Morgan fingerprint density at radius 3 is 2.76 bits per heavy atom. The highest BCUT2D eigenvalue weighted by atomic mass is 16.5. The van der Waals surface area contributed by atoms with E-state index < -0.39 is 11.6 Å².